The molecule has 0 saturated heterocycles. The molecule has 0 amide bonds. The number of rotatable bonds is 0. The SMILES string of the molecule is CC.CC.CC.CC.[Y].[Y].[Y].[c-]1ccccc1.[c-]1ccccc1.c1ccc2ccccc2c1. The van der Waals surface area contributed by atoms with Crippen molar-refractivity contribution in [2.45, 2.75) is 55.4 Å². The molecular formula is C30H42Y3-2. The van der Waals surface area contributed by atoms with Gasteiger partial charge in [0.25, 0.3) is 0 Å². The molecule has 4 aromatic rings. The van der Waals surface area contributed by atoms with E-state index in [1.54, 1.807) is 0 Å². The van der Waals surface area contributed by atoms with Crippen LogP contribution in [0.4, 0.5) is 0 Å². The van der Waals surface area contributed by atoms with Crippen molar-refractivity contribution in [3.63, 3.8) is 0 Å². The molecule has 0 spiro atoms. The summed E-state index contributed by atoms with van der Waals surface area (Å²) in [5.74, 6) is 0. The zero-order valence-corrected chi connectivity index (χ0v) is 30.6. The Morgan fingerprint density at radius 3 is 0.667 bits per heavy atom. The molecule has 33 heavy (non-hydrogen) atoms. The van der Waals surface area contributed by atoms with E-state index in [0.29, 0.717) is 0 Å². The van der Waals surface area contributed by atoms with E-state index in [9.17, 15) is 0 Å². The molecule has 0 unspecified atom stereocenters. The van der Waals surface area contributed by atoms with Gasteiger partial charge in [-0.05, 0) is 10.8 Å². The van der Waals surface area contributed by atoms with E-state index in [-0.39, 0.29) is 98.1 Å². The van der Waals surface area contributed by atoms with Gasteiger partial charge < -0.3 is 0 Å². The van der Waals surface area contributed by atoms with Crippen LogP contribution in [0.15, 0.2) is 109 Å². The maximum Gasteiger partial charge on any atom is 0 e. The maximum atomic E-state index is 2.89. The molecule has 0 aliphatic heterocycles. The summed E-state index contributed by atoms with van der Waals surface area (Å²) in [4.78, 5) is 0. The first-order chi connectivity index (χ1) is 15.0. The second kappa shape index (κ2) is 45.9. The van der Waals surface area contributed by atoms with Crippen molar-refractivity contribution >= 4 is 10.8 Å². The van der Waals surface area contributed by atoms with Crippen LogP contribution < -0.4 is 0 Å². The summed E-state index contributed by atoms with van der Waals surface area (Å²) in [5.41, 5.74) is 0. The summed E-state index contributed by atoms with van der Waals surface area (Å²) in [6, 6.07) is 41.7. The molecule has 0 heterocycles. The molecule has 173 valence electrons. The Hall–Kier alpha value is 0.452. The number of fused-ring (bicyclic) bond motifs is 1. The Morgan fingerprint density at radius 1 is 0.333 bits per heavy atom. The Balaban J connectivity index is -0.0000000710. The van der Waals surface area contributed by atoms with Gasteiger partial charge in [-0.25, -0.2) is 0 Å². The van der Waals surface area contributed by atoms with Crippen molar-refractivity contribution in [1.82, 2.24) is 0 Å². The van der Waals surface area contributed by atoms with E-state index < -0.39 is 0 Å². The Bertz CT molecular complexity index is 595. The van der Waals surface area contributed by atoms with E-state index in [1.807, 2.05) is 116 Å². The van der Waals surface area contributed by atoms with E-state index in [2.05, 4.69) is 60.7 Å². The van der Waals surface area contributed by atoms with Crippen LogP contribution in [-0.2, 0) is 98.1 Å². The molecule has 3 heteroatoms. The Labute approximate surface area is 281 Å². The first-order valence-electron chi connectivity index (χ1n) is 11.2. The molecule has 0 aliphatic carbocycles. The number of hydrogen-bond donors (Lipinski definition) is 0. The average Bonchev–Trinajstić information content (AvgIpc) is 2.92. The van der Waals surface area contributed by atoms with Gasteiger partial charge in [0.05, 0.1) is 0 Å². The second-order valence-corrected chi connectivity index (χ2v) is 4.50. The molecule has 0 aliphatic rings. The van der Waals surface area contributed by atoms with Gasteiger partial charge in [0.1, 0.15) is 0 Å². The smallest absolute Gasteiger partial charge is 0 e. The Kier molecular flexibility index (Phi) is 65.0. The van der Waals surface area contributed by atoms with Crippen LogP contribution in [0.3, 0.4) is 0 Å². The summed E-state index contributed by atoms with van der Waals surface area (Å²) >= 11 is 0. The van der Waals surface area contributed by atoms with Crippen LogP contribution in [-0.4, -0.2) is 0 Å². The summed E-state index contributed by atoms with van der Waals surface area (Å²) < 4.78 is 0. The average molecular weight is 669 g/mol. The van der Waals surface area contributed by atoms with E-state index in [1.165, 1.54) is 10.8 Å². The van der Waals surface area contributed by atoms with Crippen LogP contribution in [0.25, 0.3) is 10.8 Å². The van der Waals surface area contributed by atoms with Gasteiger partial charge in [0.2, 0.25) is 0 Å². The van der Waals surface area contributed by atoms with Crippen molar-refractivity contribution < 1.29 is 98.1 Å². The van der Waals surface area contributed by atoms with Crippen molar-refractivity contribution in [3.05, 3.63) is 121 Å². The van der Waals surface area contributed by atoms with Gasteiger partial charge in [-0.3, -0.25) is 0 Å². The van der Waals surface area contributed by atoms with Crippen LogP contribution in [0.5, 0.6) is 0 Å². The van der Waals surface area contributed by atoms with Crippen LogP contribution in [0.2, 0.25) is 0 Å². The van der Waals surface area contributed by atoms with Gasteiger partial charge >= 0.3 is 0 Å². The van der Waals surface area contributed by atoms with Gasteiger partial charge in [-0.15, -0.1) is 0 Å². The molecule has 0 N–H and O–H groups in total. The van der Waals surface area contributed by atoms with Crippen LogP contribution >= 0.6 is 0 Å². The van der Waals surface area contributed by atoms with Gasteiger partial charge in [0.15, 0.2) is 0 Å². The Morgan fingerprint density at radius 2 is 0.545 bits per heavy atom. The molecule has 0 bridgehead atoms. The first kappa shape index (κ1) is 46.7. The summed E-state index contributed by atoms with van der Waals surface area (Å²) in [6.07, 6.45) is 0. The standard InChI is InChI=1S/C10H8.2C6H5.4C2H6.3Y/c1-2-6-10-8-4-3-7-9(10)5-1;2*1-2-4-6-5-3-1;4*1-2;;;/h1-8H;2*1-5H;4*1-2H3;;;/q;2*-1;;;;;;;. The van der Waals surface area contributed by atoms with Gasteiger partial charge in [0, 0.05) is 98.1 Å². The van der Waals surface area contributed by atoms with Crippen molar-refractivity contribution in [3.8, 4) is 0 Å². The summed E-state index contributed by atoms with van der Waals surface area (Å²) in [7, 11) is 0. The molecule has 0 nitrogen and oxygen atoms in total. The fourth-order valence-electron chi connectivity index (χ4n) is 1.82. The number of hydrogen-bond acceptors (Lipinski definition) is 0. The third-order valence-electron chi connectivity index (χ3n) is 2.87. The fraction of sp³-hybridized carbons (Fsp3) is 0.267. The largest absolute Gasteiger partial charge is 0.184 e. The first-order valence-corrected chi connectivity index (χ1v) is 11.2. The minimum Gasteiger partial charge on any atom is -0.184 e. The summed E-state index contributed by atoms with van der Waals surface area (Å²) in [6.45, 7) is 16.0. The van der Waals surface area contributed by atoms with Gasteiger partial charge in [-0.1, -0.05) is 104 Å². The van der Waals surface area contributed by atoms with E-state index >= 15 is 0 Å². The molecule has 0 saturated carbocycles. The molecule has 4 rings (SSSR count). The van der Waals surface area contributed by atoms with E-state index in [0.717, 1.165) is 0 Å². The topological polar surface area (TPSA) is 0 Å². The van der Waals surface area contributed by atoms with Crippen molar-refractivity contribution in [1.29, 1.82) is 0 Å². The fourth-order valence-corrected chi connectivity index (χ4v) is 1.82. The molecule has 0 fully saturated rings. The second-order valence-electron chi connectivity index (χ2n) is 4.50. The normalized spacial score (nSPS) is 6.67. The quantitative estimate of drug-likeness (QED) is 0.164. The molecular weight excluding hydrogens is 627 g/mol. The third kappa shape index (κ3) is 32.5. The molecule has 3 radical (unpaired) electrons. The van der Waals surface area contributed by atoms with Crippen molar-refractivity contribution in [2.75, 3.05) is 0 Å². The predicted octanol–water partition coefficient (Wildman–Crippen LogP) is 9.91. The van der Waals surface area contributed by atoms with Crippen LogP contribution in [0.1, 0.15) is 55.4 Å². The third-order valence-corrected chi connectivity index (χ3v) is 2.87. The zero-order chi connectivity index (χ0) is 23.3. The van der Waals surface area contributed by atoms with Gasteiger partial charge in [-0.2, -0.15) is 72.8 Å². The maximum absolute atomic E-state index is 2.89. The zero-order valence-electron chi connectivity index (χ0n) is 22.1. The minimum absolute atomic E-state index is 0. The molecule has 0 aromatic heterocycles. The monoisotopic (exact) mass is 669 g/mol. The van der Waals surface area contributed by atoms with Crippen LogP contribution in [0, 0.1) is 12.1 Å². The summed E-state index contributed by atoms with van der Waals surface area (Å²) in [5, 5.41) is 2.62. The number of benzene rings is 4. The predicted molar refractivity (Wildman–Crippen MR) is 140 cm³/mol. The molecule has 0 atom stereocenters. The minimum atomic E-state index is 0. The molecule has 4 aromatic carbocycles. The van der Waals surface area contributed by atoms with E-state index in [4.69, 9.17) is 0 Å². The van der Waals surface area contributed by atoms with Crippen molar-refractivity contribution in [2.24, 2.45) is 0 Å².